The van der Waals surface area contributed by atoms with Crippen LogP contribution in [0.5, 0.6) is 0 Å². The third-order valence-electron chi connectivity index (χ3n) is 8.06. The average molecular weight is 292 g/mol. The molecular formula is C19H32O2. The van der Waals surface area contributed by atoms with Gasteiger partial charge in [-0.05, 0) is 93.8 Å². The van der Waals surface area contributed by atoms with E-state index < -0.39 is 0 Å². The zero-order valence-corrected chi connectivity index (χ0v) is 13.8. The van der Waals surface area contributed by atoms with Crippen LogP contribution in [0, 0.1) is 29.1 Å². The van der Waals surface area contributed by atoms with Crippen LogP contribution in [0.1, 0.15) is 71.6 Å². The van der Waals surface area contributed by atoms with Gasteiger partial charge in [0.15, 0.2) is 0 Å². The first kappa shape index (κ1) is 14.5. The molecule has 4 fully saturated rings. The lowest BCUT2D eigenvalue weighted by Gasteiger charge is -2.62. The first-order valence-electron chi connectivity index (χ1n) is 9.35. The van der Waals surface area contributed by atoms with Crippen molar-refractivity contribution in [3.63, 3.8) is 0 Å². The van der Waals surface area contributed by atoms with Crippen LogP contribution in [-0.2, 0) is 4.74 Å². The zero-order valence-electron chi connectivity index (χ0n) is 13.8. The highest BCUT2D eigenvalue weighted by molar-refractivity contribution is 5.07. The van der Waals surface area contributed by atoms with Gasteiger partial charge in [-0.3, -0.25) is 0 Å². The van der Waals surface area contributed by atoms with E-state index in [1.165, 1.54) is 44.9 Å². The number of aliphatic hydroxyl groups is 1. The van der Waals surface area contributed by atoms with Crippen LogP contribution >= 0.6 is 0 Å². The van der Waals surface area contributed by atoms with Gasteiger partial charge in [-0.25, -0.2) is 0 Å². The van der Waals surface area contributed by atoms with E-state index in [0.29, 0.717) is 5.41 Å². The lowest BCUT2D eigenvalue weighted by molar-refractivity contribution is -0.195. The van der Waals surface area contributed by atoms with Crippen molar-refractivity contribution in [1.82, 2.24) is 0 Å². The van der Waals surface area contributed by atoms with Crippen molar-refractivity contribution in [2.45, 2.75) is 83.3 Å². The number of aliphatic hydroxyl groups excluding tert-OH is 1. The molecule has 1 saturated heterocycles. The SMILES string of the molecule is C[C@]12CC[C@H](O)C[C@@H]1CC[C@@H]1[C@@H]2CC[C@]2(C)OCCC[C@@H]12. The fourth-order valence-electron chi connectivity index (χ4n) is 6.83. The lowest BCUT2D eigenvalue weighted by atomic mass is 9.46. The monoisotopic (exact) mass is 292 g/mol. The molecule has 1 N–H and O–H groups in total. The Morgan fingerprint density at radius 2 is 1.81 bits per heavy atom. The van der Waals surface area contributed by atoms with E-state index in [0.717, 1.165) is 43.1 Å². The molecule has 4 aliphatic rings. The summed E-state index contributed by atoms with van der Waals surface area (Å²) in [6, 6.07) is 0. The van der Waals surface area contributed by atoms with E-state index >= 15 is 0 Å². The molecule has 0 unspecified atom stereocenters. The molecule has 2 nitrogen and oxygen atoms in total. The van der Waals surface area contributed by atoms with Crippen molar-refractivity contribution in [3.8, 4) is 0 Å². The Morgan fingerprint density at radius 1 is 0.952 bits per heavy atom. The first-order chi connectivity index (χ1) is 10.0. The molecule has 0 bridgehead atoms. The molecule has 0 amide bonds. The quantitative estimate of drug-likeness (QED) is 0.726. The van der Waals surface area contributed by atoms with Crippen LogP contribution in [0.3, 0.4) is 0 Å². The van der Waals surface area contributed by atoms with Gasteiger partial charge in [0.1, 0.15) is 0 Å². The highest BCUT2D eigenvalue weighted by Gasteiger charge is 2.57. The smallest absolute Gasteiger partial charge is 0.0685 e. The summed E-state index contributed by atoms with van der Waals surface area (Å²) in [5.41, 5.74) is 0.678. The second-order valence-corrected chi connectivity index (χ2v) is 8.93. The normalized spacial score (nSPS) is 57.0. The molecule has 21 heavy (non-hydrogen) atoms. The maximum Gasteiger partial charge on any atom is 0.0685 e. The third-order valence-corrected chi connectivity index (χ3v) is 8.06. The van der Waals surface area contributed by atoms with Crippen molar-refractivity contribution >= 4 is 0 Å². The summed E-state index contributed by atoms with van der Waals surface area (Å²) in [5, 5.41) is 10.1. The Kier molecular flexibility index (Phi) is 3.43. The van der Waals surface area contributed by atoms with Crippen LogP contribution in [0.15, 0.2) is 0 Å². The highest BCUT2D eigenvalue weighted by Crippen LogP contribution is 2.63. The third kappa shape index (κ3) is 2.12. The average Bonchev–Trinajstić information content (AvgIpc) is 2.47. The minimum Gasteiger partial charge on any atom is -0.393 e. The number of fused-ring (bicyclic) bond motifs is 5. The van der Waals surface area contributed by atoms with Crippen molar-refractivity contribution in [2.75, 3.05) is 6.61 Å². The van der Waals surface area contributed by atoms with E-state index in [2.05, 4.69) is 13.8 Å². The fraction of sp³-hybridized carbons (Fsp3) is 1.00. The maximum absolute atomic E-state index is 10.1. The summed E-state index contributed by atoms with van der Waals surface area (Å²) >= 11 is 0. The predicted molar refractivity (Wildman–Crippen MR) is 84.0 cm³/mol. The molecule has 0 radical (unpaired) electrons. The summed E-state index contributed by atoms with van der Waals surface area (Å²) in [6.07, 6.45) is 11.4. The number of hydrogen-bond donors (Lipinski definition) is 1. The second-order valence-electron chi connectivity index (χ2n) is 8.93. The summed E-state index contributed by atoms with van der Waals surface area (Å²) in [5.74, 6) is 3.36. The van der Waals surface area contributed by atoms with Crippen LogP contribution in [0.25, 0.3) is 0 Å². The number of hydrogen-bond acceptors (Lipinski definition) is 2. The van der Waals surface area contributed by atoms with Crippen molar-refractivity contribution in [3.05, 3.63) is 0 Å². The fourth-order valence-corrected chi connectivity index (χ4v) is 6.83. The van der Waals surface area contributed by atoms with Gasteiger partial charge in [0.2, 0.25) is 0 Å². The number of ether oxygens (including phenoxy) is 1. The molecule has 0 aromatic rings. The number of rotatable bonds is 0. The Morgan fingerprint density at radius 3 is 2.67 bits per heavy atom. The van der Waals surface area contributed by atoms with E-state index in [9.17, 15) is 5.11 Å². The van der Waals surface area contributed by atoms with Crippen LogP contribution in [0.4, 0.5) is 0 Å². The Labute approximate surface area is 129 Å². The van der Waals surface area contributed by atoms with Crippen LogP contribution in [-0.4, -0.2) is 23.4 Å². The molecule has 3 saturated carbocycles. The minimum absolute atomic E-state index is 0.0218. The maximum atomic E-state index is 10.1. The summed E-state index contributed by atoms with van der Waals surface area (Å²) in [6.45, 7) is 5.94. The van der Waals surface area contributed by atoms with Gasteiger partial charge in [0, 0.05) is 6.61 Å². The van der Waals surface area contributed by atoms with Gasteiger partial charge in [0.05, 0.1) is 11.7 Å². The van der Waals surface area contributed by atoms with Gasteiger partial charge in [0.25, 0.3) is 0 Å². The zero-order chi connectivity index (χ0) is 14.7. The van der Waals surface area contributed by atoms with E-state index in [1.54, 1.807) is 0 Å². The molecular weight excluding hydrogens is 260 g/mol. The first-order valence-corrected chi connectivity index (χ1v) is 9.35. The van der Waals surface area contributed by atoms with Gasteiger partial charge in [-0.1, -0.05) is 6.92 Å². The predicted octanol–water partition coefficient (Wildman–Crippen LogP) is 4.16. The van der Waals surface area contributed by atoms with Gasteiger partial charge in [-0.15, -0.1) is 0 Å². The standard InChI is InChI=1S/C19H32O2/c1-18-9-7-14(20)12-13(18)5-6-15-16(18)8-10-19(2)17(15)4-3-11-21-19/h13-17,20H,3-12H2,1-2H3/t13-,14-,15+,16-,17-,18-,19-/m0/s1. The summed E-state index contributed by atoms with van der Waals surface area (Å²) in [7, 11) is 0. The Hall–Kier alpha value is -0.0800. The molecule has 4 rings (SSSR count). The van der Waals surface area contributed by atoms with Crippen molar-refractivity contribution in [1.29, 1.82) is 0 Å². The van der Waals surface area contributed by atoms with Crippen LogP contribution < -0.4 is 0 Å². The Balaban J connectivity index is 1.61. The topological polar surface area (TPSA) is 29.5 Å². The lowest BCUT2D eigenvalue weighted by Crippen LogP contribution is -2.58. The summed E-state index contributed by atoms with van der Waals surface area (Å²) < 4.78 is 6.26. The molecule has 0 aromatic carbocycles. The highest BCUT2D eigenvalue weighted by atomic mass is 16.5. The van der Waals surface area contributed by atoms with Crippen molar-refractivity contribution < 1.29 is 9.84 Å². The Bertz CT molecular complexity index is 408. The second kappa shape index (κ2) is 4.96. The molecule has 2 heteroatoms. The molecule has 7 atom stereocenters. The molecule has 1 aliphatic heterocycles. The molecule has 0 aromatic heterocycles. The van der Waals surface area contributed by atoms with Gasteiger partial charge < -0.3 is 9.84 Å². The van der Waals surface area contributed by atoms with Crippen molar-refractivity contribution in [2.24, 2.45) is 29.1 Å². The van der Waals surface area contributed by atoms with E-state index in [-0.39, 0.29) is 11.7 Å². The molecule has 0 spiro atoms. The van der Waals surface area contributed by atoms with Gasteiger partial charge >= 0.3 is 0 Å². The minimum atomic E-state index is -0.0218. The van der Waals surface area contributed by atoms with Crippen LogP contribution in [0.2, 0.25) is 0 Å². The molecule has 120 valence electrons. The largest absolute Gasteiger partial charge is 0.393 e. The summed E-state index contributed by atoms with van der Waals surface area (Å²) in [4.78, 5) is 0. The van der Waals surface area contributed by atoms with E-state index in [4.69, 9.17) is 4.74 Å². The molecule has 3 aliphatic carbocycles. The van der Waals surface area contributed by atoms with Gasteiger partial charge in [-0.2, -0.15) is 0 Å². The van der Waals surface area contributed by atoms with E-state index in [1.807, 2.05) is 0 Å². The molecule has 1 heterocycles.